The zero-order chi connectivity index (χ0) is 10.3. The van der Waals surface area contributed by atoms with Gasteiger partial charge in [-0.1, -0.05) is 0 Å². The summed E-state index contributed by atoms with van der Waals surface area (Å²) in [7, 11) is 3.52. The van der Waals surface area contributed by atoms with Gasteiger partial charge in [-0.15, -0.1) is 11.3 Å². The summed E-state index contributed by atoms with van der Waals surface area (Å²) in [5.41, 5.74) is 0.993. The molecule has 0 aromatic carbocycles. The molecule has 0 fully saturated rings. The molecule has 0 N–H and O–H groups in total. The molecule has 72 valence electrons. The highest BCUT2D eigenvalue weighted by Gasteiger charge is 2.27. The second kappa shape index (κ2) is 3.06. The van der Waals surface area contributed by atoms with Crippen molar-refractivity contribution in [2.24, 2.45) is 0 Å². The summed E-state index contributed by atoms with van der Waals surface area (Å²) >= 11 is 1.32. The minimum Gasteiger partial charge on any atom is -0.374 e. The summed E-state index contributed by atoms with van der Waals surface area (Å²) in [5.74, 6) is -0.135. The number of rotatable bonds is 1. The van der Waals surface area contributed by atoms with Gasteiger partial charge in [-0.2, -0.15) is 0 Å². The first-order valence-electron chi connectivity index (χ1n) is 4.17. The van der Waals surface area contributed by atoms with Crippen molar-refractivity contribution in [1.82, 2.24) is 4.90 Å². The highest BCUT2D eigenvalue weighted by atomic mass is 32.1. The van der Waals surface area contributed by atoms with Crippen LogP contribution in [-0.4, -0.2) is 30.6 Å². The van der Waals surface area contributed by atoms with E-state index in [0.29, 0.717) is 16.1 Å². The first-order valence-corrected chi connectivity index (χ1v) is 5.05. The van der Waals surface area contributed by atoms with Crippen molar-refractivity contribution < 1.29 is 9.59 Å². The smallest absolute Gasteiger partial charge is 0.210 e. The van der Waals surface area contributed by atoms with Crippen LogP contribution in [0.15, 0.2) is 23.2 Å². The lowest BCUT2D eigenvalue weighted by molar-refractivity contribution is 0.0965. The number of carbonyl (C=O) groups excluding carboxylic acids is 2. The molecule has 1 heterocycles. The Morgan fingerprint density at radius 3 is 2.64 bits per heavy atom. The number of allylic oxidation sites excluding steroid dienone is 2. The Kier molecular flexibility index (Phi) is 2.00. The lowest BCUT2D eigenvalue weighted by Gasteiger charge is -2.18. The number of Topliss-reactive ketones (excluding diaryl/α,β-unsaturated/α-hetero) is 1. The van der Waals surface area contributed by atoms with E-state index in [1.165, 1.54) is 17.4 Å². The first kappa shape index (κ1) is 9.15. The Morgan fingerprint density at radius 2 is 2.00 bits per heavy atom. The van der Waals surface area contributed by atoms with Gasteiger partial charge in [0.1, 0.15) is 0 Å². The number of hydrogen-bond donors (Lipinski definition) is 0. The summed E-state index contributed by atoms with van der Waals surface area (Å²) in [6, 6.07) is 1.71. The fraction of sp³-hybridized carbons (Fsp3) is 0.200. The van der Waals surface area contributed by atoms with Crippen molar-refractivity contribution in [1.29, 1.82) is 0 Å². The molecule has 0 spiro atoms. The van der Waals surface area contributed by atoms with E-state index in [9.17, 15) is 9.59 Å². The van der Waals surface area contributed by atoms with Crippen LogP contribution in [0.1, 0.15) is 20.0 Å². The number of carbonyl (C=O) groups is 2. The predicted molar refractivity (Wildman–Crippen MR) is 54.8 cm³/mol. The molecule has 4 heteroatoms. The van der Waals surface area contributed by atoms with Gasteiger partial charge < -0.3 is 4.90 Å². The van der Waals surface area contributed by atoms with E-state index in [4.69, 9.17) is 0 Å². The average molecular weight is 207 g/mol. The van der Waals surface area contributed by atoms with E-state index in [-0.39, 0.29) is 11.6 Å². The van der Waals surface area contributed by atoms with Crippen LogP contribution in [-0.2, 0) is 0 Å². The molecular formula is C10H9NO2S. The lowest BCUT2D eigenvalue weighted by atomic mass is 10.0. The Bertz CT molecular complexity index is 443. The molecule has 3 nitrogen and oxygen atoms in total. The number of thiophene rings is 1. The Labute approximate surface area is 85.6 Å². The number of fused-ring (bicyclic) bond motifs is 1. The van der Waals surface area contributed by atoms with Gasteiger partial charge in [0.2, 0.25) is 5.78 Å². The molecule has 0 bridgehead atoms. The monoisotopic (exact) mass is 207 g/mol. The summed E-state index contributed by atoms with van der Waals surface area (Å²) < 4.78 is 0. The Hall–Kier alpha value is -1.42. The number of hydrogen-bond acceptors (Lipinski definition) is 4. The second-order valence-electron chi connectivity index (χ2n) is 3.28. The summed E-state index contributed by atoms with van der Waals surface area (Å²) in [4.78, 5) is 25.6. The standard InChI is InChI=1S/C10H9NO2S/c1-11(2)7-5-8(12)10-6(9(7)13)3-4-14-10/h3-5H,1-2H3. The van der Waals surface area contributed by atoms with Crippen LogP contribution in [0.4, 0.5) is 0 Å². The first-order chi connectivity index (χ1) is 6.61. The molecule has 0 amide bonds. The van der Waals surface area contributed by atoms with Gasteiger partial charge >= 0.3 is 0 Å². The van der Waals surface area contributed by atoms with Gasteiger partial charge in [0.25, 0.3) is 0 Å². The Balaban J connectivity index is 2.55. The van der Waals surface area contributed by atoms with Gasteiger partial charge in [-0.3, -0.25) is 9.59 Å². The Morgan fingerprint density at radius 1 is 1.29 bits per heavy atom. The fourth-order valence-corrected chi connectivity index (χ4v) is 2.21. The fourth-order valence-electron chi connectivity index (χ4n) is 1.40. The molecule has 1 aromatic rings. The van der Waals surface area contributed by atoms with E-state index in [1.807, 2.05) is 0 Å². The minimum atomic E-state index is -0.0710. The molecule has 0 atom stereocenters. The van der Waals surface area contributed by atoms with Crippen molar-refractivity contribution in [2.45, 2.75) is 0 Å². The molecule has 1 aromatic heterocycles. The van der Waals surface area contributed by atoms with Crippen LogP contribution in [0, 0.1) is 0 Å². The van der Waals surface area contributed by atoms with Gasteiger partial charge in [0, 0.05) is 25.7 Å². The lowest BCUT2D eigenvalue weighted by Crippen LogP contribution is -2.24. The molecule has 0 saturated carbocycles. The van der Waals surface area contributed by atoms with Crippen molar-refractivity contribution >= 4 is 22.9 Å². The van der Waals surface area contributed by atoms with Crippen LogP contribution >= 0.6 is 11.3 Å². The third-order valence-corrected chi connectivity index (χ3v) is 3.04. The minimum absolute atomic E-state index is 0.0640. The number of nitrogens with zero attached hydrogens (tertiary/aromatic N) is 1. The van der Waals surface area contributed by atoms with Gasteiger partial charge in [0.15, 0.2) is 5.78 Å². The number of likely N-dealkylation sites (N-methyl/N-ethyl adjacent to an activating group) is 1. The van der Waals surface area contributed by atoms with E-state index in [1.54, 1.807) is 30.4 Å². The molecule has 1 aliphatic rings. The molecular weight excluding hydrogens is 198 g/mol. The van der Waals surface area contributed by atoms with Crippen LogP contribution in [0.5, 0.6) is 0 Å². The van der Waals surface area contributed by atoms with E-state index >= 15 is 0 Å². The van der Waals surface area contributed by atoms with Crippen LogP contribution in [0.3, 0.4) is 0 Å². The average Bonchev–Trinajstić information content (AvgIpc) is 2.59. The maximum atomic E-state index is 11.8. The molecule has 14 heavy (non-hydrogen) atoms. The van der Waals surface area contributed by atoms with Crippen LogP contribution in [0.25, 0.3) is 0 Å². The molecule has 0 aliphatic heterocycles. The van der Waals surface area contributed by atoms with Gasteiger partial charge in [-0.25, -0.2) is 0 Å². The molecule has 0 radical (unpaired) electrons. The third-order valence-electron chi connectivity index (χ3n) is 2.12. The summed E-state index contributed by atoms with van der Waals surface area (Å²) in [6.07, 6.45) is 1.40. The molecule has 2 rings (SSSR count). The molecule has 1 aliphatic carbocycles. The van der Waals surface area contributed by atoms with E-state index in [0.717, 1.165) is 0 Å². The zero-order valence-electron chi connectivity index (χ0n) is 7.90. The van der Waals surface area contributed by atoms with E-state index in [2.05, 4.69) is 0 Å². The third kappa shape index (κ3) is 1.19. The highest BCUT2D eigenvalue weighted by molar-refractivity contribution is 7.12. The van der Waals surface area contributed by atoms with E-state index < -0.39 is 0 Å². The van der Waals surface area contributed by atoms with Crippen LogP contribution < -0.4 is 0 Å². The topological polar surface area (TPSA) is 37.4 Å². The quantitative estimate of drug-likeness (QED) is 0.701. The molecule has 0 unspecified atom stereocenters. The normalized spacial score (nSPS) is 15.1. The van der Waals surface area contributed by atoms with Crippen LogP contribution in [0.2, 0.25) is 0 Å². The van der Waals surface area contributed by atoms with Crippen molar-refractivity contribution in [3.05, 3.63) is 33.7 Å². The van der Waals surface area contributed by atoms with Gasteiger partial charge in [-0.05, 0) is 11.4 Å². The summed E-state index contributed by atoms with van der Waals surface area (Å²) in [6.45, 7) is 0. The predicted octanol–water partition coefficient (Wildman–Crippen LogP) is 1.57. The SMILES string of the molecule is CN(C)C1=CC(=O)c2sccc2C1=O. The number of ketones is 2. The molecule has 0 saturated heterocycles. The zero-order valence-corrected chi connectivity index (χ0v) is 8.72. The van der Waals surface area contributed by atoms with Crippen molar-refractivity contribution in [2.75, 3.05) is 14.1 Å². The second-order valence-corrected chi connectivity index (χ2v) is 4.20. The maximum Gasteiger partial charge on any atom is 0.210 e. The largest absolute Gasteiger partial charge is 0.374 e. The summed E-state index contributed by atoms with van der Waals surface area (Å²) in [5, 5.41) is 1.77. The van der Waals surface area contributed by atoms with Crippen molar-refractivity contribution in [3.8, 4) is 0 Å². The maximum absolute atomic E-state index is 11.8. The van der Waals surface area contributed by atoms with Crippen molar-refractivity contribution in [3.63, 3.8) is 0 Å². The van der Waals surface area contributed by atoms with Gasteiger partial charge in [0.05, 0.1) is 10.6 Å². The highest BCUT2D eigenvalue weighted by Crippen LogP contribution is 2.26.